The van der Waals surface area contributed by atoms with E-state index in [2.05, 4.69) is 17.2 Å². The number of carbonyl (C=O) groups excluding carboxylic acids is 2. The summed E-state index contributed by atoms with van der Waals surface area (Å²) in [6, 6.07) is 15.2. The average Bonchev–Trinajstić information content (AvgIpc) is 3.12. The van der Waals surface area contributed by atoms with Gasteiger partial charge in [-0.05, 0) is 36.5 Å². The SMILES string of the molecule is CC1CCCN(C(=O)c2nc(C(=O)NCc3ccccc3)c3ccccn23)C1. The molecule has 0 aliphatic carbocycles. The highest BCUT2D eigenvalue weighted by molar-refractivity contribution is 6.02. The quantitative estimate of drug-likeness (QED) is 0.761. The molecule has 0 radical (unpaired) electrons. The first-order chi connectivity index (χ1) is 13.6. The second kappa shape index (κ2) is 7.84. The van der Waals surface area contributed by atoms with Crippen LogP contribution < -0.4 is 5.32 Å². The molecule has 0 spiro atoms. The van der Waals surface area contributed by atoms with Crippen LogP contribution in [-0.4, -0.2) is 39.2 Å². The van der Waals surface area contributed by atoms with Gasteiger partial charge in [-0.3, -0.25) is 14.0 Å². The third-order valence-corrected chi connectivity index (χ3v) is 5.19. The molecule has 6 heteroatoms. The van der Waals surface area contributed by atoms with Crippen LogP contribution in [0.15, 0.2) is 54.7 Å². The number of nitrogens with zero attached hydrogens (tertiary/aromatic N) is 3. The molecule has 0 bridgehead atoms. The van der Waals surface area contributed by atoms with Crippen molar-refractivity contribution in [1.29, 1.82) is 0 Å². The first kappa shape index (κ1) is 18.2. The van der Waals surface area contributed by atoms with E-state index in [1.54, 1.807) is 10.6 Å². The summed E-state index contributed by atoms with van der Waals surface area (Å²) in [6.45, 7) is 4.04. The summed E-state index contributed by atoms with van der Waals surface area (Å²) in [5, 5.41) is 2.91. The molecule has 144 valence electrons. The van der Waals surface area contributed by atoms with E-state index in [0.29, 0.717) is 23.8 Å². The highest BCUT2D eigenvalue weighted by Crippen LogP contribution is 2.20. The lowest BCUT2D eigenvalue weighted by Crippen LogP contribution is -2.40. The minimum absolute atomic E-state index is 0.116. The molecule has 0 saturated carbocycles. The number of nitrogens with one attached hydrogen (secondary N) is 1. The molecule has 1 aliphatic heterocycles. The lowest BCUT2D eigenvalue weighted by molar-refractivity contribution is 0.0670. The summed E-state index contributed by atoms with van der Waals surface area (Å²) in [7, 11) is 0. The number of pyridine rings is 1. The summed E-state index contributed by atoms with van der Waals surface area (Å²) in [6.07, 6.45) is 3.93. The van der Waals surface area contributed by atoms with Crippen molar-refractivity contribution in [2.45, 2.75) is 26.3 Å². The normalized spacial score (nSPS) is 16.9. The molecule has 4 rings (SSSR count). The lowest BCUT2D eigenvalue weighted by Gasteiger charge is -2.30. The first-order valence-corrected chi connectivity index (χ1v) is 9.72. The van der Waals surface area contributed by atoms with E-state index in [4.69, 9.17) is 0 Å². The van der Waals surface area contributed by atoms with Crippen LogP contribution in [0.25, 0.3) is 5.52 Å². The second-order valence-electron chi connectivity index (χ2n) is 7.41. The molecule has 3 heterocycles. The Morgan fingerprint density at radius 3 is 2.71 bits per heavy atom. The average molecular weight is 376 g/mol. The lowest BCUT2D eigenvalue weighted by atomic mass is 10.0. The molecule has 3 aromatic rings. The monoisotopic (exact) mass is 376 g/mol. The van der Waals surface area contributed by atoms with E-state index in [9.17, 15) is 9.59 Å². The van der Waals surface area contributed by atoms with Crippen molar-refractivity contribution >= 4 is 17.3 Å². The van der Waals surface area contributed by atoms with Gasteiger partial charge in [0.15, 0.2) is 5.69 Å². The van der Waals surface area contributed by atoms with Gasteiger partial charge in [0.1, 0.15) is 0 Å². The Balaban J connectivity index is 1.61. The summed E-state index contributed by atoms with van der Waals surface area (Å²) < 4.78 is 1.72. The van der Waals surface area contributed by atoms with Gasteiger partial charge in [-0.2, -0.15) is 0 Å². The molecular weight excluding hydrogens is 352 g/mol. The maximum absolute atomic E-state index is 13.1. The molecule has 1 N–H and O–H groups in total. The van der Waals surface area contributed by atoms with Crippen LogP contribution in [0.4, 0.5) is 0 Å². The molecule has 1 atom stereocenters. The molecule has 2 amide bonds. The summed E-state index contributed by atoms with van der Waals surface area (Å²) in [4.78, 5) is 32.2. The van der Waals surface area contributed by atoms with E-state index in [1.807, 2.05) is 53.4 Å². The van der Waals surface area contributed by atoms with Crippen LogP contribution in [0, 0.1) is 5.92 Å². The Bertz CT molecular complexity index is 996. The van der Waals surface area contributed by atoms with Gasteiger partial charge in [0, 0.05) is 25.8 Å². The molecule has 1 saturated heterocycles. The fourth-order valence-electron chi connectivity index (χ4n) is 3.73. The fraction of sp³-hybridized carbons (Fsp3) is 0.318. The van der Waals surface area contributed by atoms with Gasteiger partial charge in [0.05, 0.1) is 5.52 Å². The molecule has 1 fully saturated rings. The second-order valence-corrected chi connectivity index (χ2v) is 7.41. The highest BCUT2D eigenvalue weighted by atomic mass is 16.2. The Kier molecular flexibility index (Phi) is 5.10. The van der Waals surface area contributed by atoms with Crippen molar-refractivity contribution < 1.29 is 9.59 Å². The van der Waals surface area contributed by atoms with E-state index in [-0.39, 0.29) is 17.5 Å². The van der Waals surface area contributed by atoms with Crippen molar-refractivity contribution in [3.63, 3.8) is 0 Å². The summed E-state index contributed by atoms with van der Waals surface area (Å²) >= 11 is 0. The van der Waals surface area contributed by atoms with Gasteiger partial charge in [0.25, 0.3) is 11.8 Å². The number of aromatic nitrogens is 2. The van der Waals surface area contributed by atoms with Gasteiger partial charge < -0.3 is 10.2 Å². The van der Waals surface area contributed by atoms with Gasteiger partial charge in [-0.1, -0.05) is 43.3 Å². The van der Waals surface area contributed by atoms with Gasteiger partial charge >= 0.3 is 0 Å². The molecule has 2 aromatic heterocycles. The number of hydrogen-bond donors (Lipinski definition) is 1. The van der Waals surface area contributed by atoms with Crippen LogP contribution in [0.3, 0.4) is 0 Å². The van der Waals surface area contributed by atoms with Crippen molar-refractivity contribution in [1.82, 2.24) is 19.6 Å². The number of piperidine rings is 1. The molecular formula is C22H24N4O2. The van der Waals surface area contributed by atoms with E-state index < -0.39 is 0 Å². The predicted octanol–water partition coefficient (Wildman–Crippen LogP) is 3.14. The number of carbonyl (C=O) groups is 2. The molecule has 6 nitrogen and oxygen atoms in total. The Labute approximate surface area is 164 Å². The third kappa shape index (κ3) is 3.63. The fourth-order valence-corrected chi connectivity index (χ4v) is 3.73. The zero-order valence-electron chi connectivity index (χ0n) is 16.0. The molecule has 1 unspecified atom stereocenters. The number of benzene rings is 1. The summed E-state index contributed by atoms with van der Waals surface area (Å²) in [5.41, 5.74) is 1.93. The Morgan fingerprint density at radius 1 is 1.14 bits per heavy atom. The first-order valence-electron chi connectivity index (χ1n) is 9.72. The van der Waals surface area contributed by atoms with Crippen LogP contribution in [-0.2, 0) is 6.54 Å². The number of imidazole rings is 1. The summed E-state index contributed by atoms with van der Waals surface area (Å²) in [5.74, 6) is 0.389. The minimum Gasteiger partial charge on any atom is -0.347 e. The van der Waals surface area contributed by atoms with E-state index in [0.717, 1.165) is 31.5 Å². The number of amides is 2. The van der Waals surface area contributed by atoms with Crippen LogP contribution in [0.1, 0.15) is 46.4 Å². The van der Waals surface area contributed by atoms with Crippen molar-refractivity contribution in [2.24, 2.45) is 5.92 Å². The van der Waals surface area contributed by atoms with Crippen LogP contribution in [0.5, 0.6) is 0 Å². The van der Waals surface area contributed by atoms with Crippen LogP contribution >= 0.6 is 0 Å². The topological polar surface area (TPSA) is 66.7 Å². The smallest absolute Gasteiger partial charge is 0.290 e. The zero-order chi connectivity index (χ0) is 19.5. The highest BCUT2D eigenvalue weighted by Gasteiger charge is 2.27. The number of fused-ring (bicyclic) bond motifs is 1. The van der Waals surface area contributed by atoms with Gasteiger partial charge in [0.2, 0.25) is 5.82 Å². The largest absolute Gasteiger partial charge is 0.347 e. The zero-order valence-corrected chi connectivity index (χ0v) is 16.0. The third-order valence-electron chi connectivity index (χ3n) is 5.19. The van der Waals surface area contributed by atoms with Crippen molar-refractivity contribution in [2.75, 3.05) is 13.1 Å². The molecule has 1 aliphatic rings. The van der Waals surface area contributed by atoms with Gasteiger partial charge in [-0.25, -0.2) is 4.98 Å². The molecule has 1 aromatic carbocycles. The minimum atomic E-state index is -0.279. The Morgan fingerprint density at radius 2 is 1.93 bits per heavy atom. The van der Waals surface area contributed by atoms with Crippen molar-refractivity contribution in [3.05, 3.63) is 71.8 Å². The Hall–Kier alpha value is -3.15. The van der Waals surface area contributed by atoms with Crippen LogP contribution in [0.2, 0.25) is 0 Å². The maximum Gasteiger partial charge on any atom is 0.290 e. The number of likely N-dealkylation sites (tertiary alicyclic amines) is 1. The van der Waals surface area contributed by atoms with E-state index in [1.165, 1.54) is 0 Å². The standard InChI is InChI=1S/C22H24N4O2/c1-16-8-7-12-25(15-16)22(28)20-24-19(18-11-5-6-13-26(18)20)21(27)23-14-17-9-3-2-4-10-17/h2-6,9-11,13,16H,7-8,12,14-15H2,1H3,(H,23,27). The van der Waals surface area contributed by atoms with Crippen molar-refractivity contribution in [3.8, 4) is 0 Å². The van der Waals surface area contributed by atoms with E-state index >= 15 is 0 Å². The molecule has 28 heavy (non-hydrogen) atoms. The number of rotatable bonds is 4. The van der Waals surface area contributed by atoms with Gasteiger partial charge in [-0.15, -0.1) is 0 Å². The predicted molar refractivity (Wildman–Crippen MR) is 107 cm³/mol. The maximum atomic E-state index is 13.1. The number of hydrogen-bond acceptors (Lipinski definition) is 3.